The maximum absolute atomic E-state index is 9.76. The number of nitrogens with zero attached hydrogens (tertiary/aromatic N) is 1. The highest BCUT2D eigenvalue weighted by molar-refractivity contribution is 7.17. The first-order valence-electron chi connectivity index (χ1n) is 4.34. The lowest BCUT2D eigenvalue weighted by Crippen LogP contribution is -2.37. The molecule has 0 spiro atoms. The van der Waals surface area contributed by atoms with Crippen LogP contribution >= 0.6 is 8.69 Å². The quantitative estimate of drug-likeness (QED) is 0.340. The Morgan fingerprint density at radius 1 is 1.47 bits per heavy atom. The van der Waals surface area contributed by atoms with Crippen molar-refractivity contribution in [3.8, 4) is 0 Å². The molecule has 0 heterocycles. The van der Waals surface area contributed by atoms with E-state index in [9.17, 15) is 9.36 Å². The highest BCUT2D eigenvalue weighted by atomic mass is 31.1. The molecule has 0 saturated heterocycles. The molecule has 0 aromatic rings. The number of rotatable bonds is 5. The molecule has 0 atom stereocenters. The van der Waals surface area contributed by atoms with Crippen molar-refractivity contribution in [2.45, 2.75) is 6.92 Å². The molecule has 0 aromatic carbocycles. The average Bonchev–Trinajstić information content (AvgIpc) is 2.03. The van der Waals surface area contributed by atoms with E-state index < -0.39 is 5.97 Å². The molecule has 0 aliphatic rings. The number of carboxylic acids is 1. The van der Waals surface area contributed by atoms with Crippen molar-refractivity contribution in [3.63, 3.8) is 0 Å². The molecule has 0 radical (unpaired) electrons. The predicted molar refractivity (Wildman–Crippen MR) is 58.9 cm³/mol. The van der Waals surface area contributed by atoms with E-state index >= 15 is 0 Å². The van der Waals surface area contributed by atoms with Crippen LogP contribution in [-0.2, 0) is 13.9 Å². The van der Waals surface area contributed by atoms with Gasteiger partial charge in [0.05, 0.1) is 21.1 Å². The fraction of sp³-hybridized carbons (Fsp3) is 0.667. The zero-order valence-electron chi connectivity index (χ0n) is 9.69. The largest absolute Gasteiger partial charge is 0.478 e. The highest BCUT2D eigenvalue weighted by Gasteiger charge is 2.04. The fourth-order valence-corrected chi connectivity index (χ4v) is 0.508. The normalized spacial score (nSPS) is 10.4. The van der Waals surface area contributed by atoms with E-state index in [4.69, 9.17) is 5.11 Å². The molecule has 0 rings (SSSR count). The Hall–Kier alpha value is -0.770. The Morgan fingerprint density at radius 3 is 2.07 bits per heavy atom. The summed E-state index contributed by atoms with van der Waals surface area (Å²) in [5.74, 6) is -0.935. The zero-order valence-corrected chi connectivity index (χ0v) is 10.6. The molecule has 15 heavy (non-hydrogen) atoms. The van der Waals surface area contributed by atoms with E-state index in [1.807, 2.05) is 0 Å². The summed E-state index contributed by atoms with van der Waals surface area (Å²) < 4.78 is 15.2. The molecule has 0 aliphatic heterocycles. The highest BCUT2D eigenvalue weighted by Crippen LogP contribution is 1.96. The van der Waals surface area contributed by atoms with Crippen LogP contribution in [0.1, 0.15) is 6.92 Å². The van der Waals surface area contributed by atoms with Gasteiger partial charge in [0.1, 0.15) is 13.2 Å². The first kappa shape index (κ1) is 16.7. The van der Waals surface area contributed by atoms with Crippen LogP contribution in [0.2, 0.25) is 0 Å². The number of aliphatic carboxylic acids is 1. The van der Waals surface area contributed by atoms with E-state index in [1.165, 1.54) is 6.92 Å². The molecule has 0 bridgehead atoms. The van der Waals surface area contributed by atoms with Gasteiger partial charge in [0.15, 0.2) is 0 Å². The molecule has 6 heteroatoms. The van der Waals surface area contributed by atoms with E-state index in [-0.39, 0.29) is 14.3 Å². The van der Waals surface area contributed by atoms with Crippen LogP contribution in [0.15, 0.2) is 12.2 Å². The van der Waals surface area contributed by atoms with Crippen LogP contribution in [0.25, 0.3) is 0 Å². The van der Waals surface area contributed by atoms with Gasteiger partial charge in [-0.15, -0.1) is 0 Å². The van der Waals surface area contributed by atoms with Crippen LogP contribution in [-0.4, -0.2) is 49.9 Å². The zero-order chi connectivity index (χ0) is 12.5. The summed E-state index contributed by atoms with van der Waals surface area (Å²) in [5.41, 5.74) is 0.176. The summed E-state index contributed by atoms with van der Waals surface area (Å²) in [7, 11) is 5.96. The van der Waals surface area contributed by atoms with Crippen molar-refractivity contribution in [3.05, 3.63) is 12.2 Å². The predicted octanol–water partition coefficient (Wildman–Crippen LogP) is 1.56. The topological polar surface area (TPSA) is 63.6 Å². The Kier molecular flexibility index (Phi) is 9.47. The lowest BCUT2D eigenvalue weighted by molar-refractivity contribution is -0.870. The van der Waals surface area contributed by atoms with Crippen molar-refractivity contribution >= 4 is 14.7 Å². The number of carboxylic acid groups (broad SMARTS) is 1. The van der Waals surface area contributed by atoms with Crippen molar-refractivity contribution in [1.82, 2.24) is 0 Å². The van der Waals surface area contributed by atoms with E-state index in [0.717, 1.165) is 11.0 Å². The van der Waals surface area contributed by atoms with Gasteiger partial charge in [-0.2, -0.15) is 0 Å². The maximum Gasteiger partial charge on any atom is 0.330 e. The molecular formula is C9H19NO4P+. The Bertz CT molecular complexity index is 211. The molecule has 0 aromatic heterocycles. The van der Waals surface area contributed by atoms with Gasteiger partial charge < -0.3 is 9.59 Å². The molecule has 88 valence electrons. The van der Waals surface area contributed by atoms with Crippen LogP contribution in [0.5, 0.6) is 0 Å². The third-order valence-electron chi connectivity index (χ3n) is 1.27. The first-order chi connectivity index (χ1) is 6.70. The first-order valence-corrected chi connectivity index (χ1v) is 5.07. The van der Waals surface area contributed by atoms with Gasteiger partial charge in [-0.05, 0) is 6.92 Å². The molecule has 0 aliphatic carbocycles. The molecular weight excluding hydrogens is 217 g/mol. The van der Waals surface area contributed by atoms with Crippen LogP contribution < -0.4 is 0 Å². The number of hydrogen-bond donors (Lipinski definition) is 1. The SMILES string of the molecule is C=C(C)C(=O)O.C[N+](C)(C)CCOP=O. The fourth-order valence-electron chi connectivity index (χ4n) is 0.352. The van der Waals surface area contributed by atoms with Gasteiger partial charge in [-0.1, -0.05) is 6.58 Å². The van der Waals surface area contributed by atoms with Gasteiger partial charge >= 0.3 is 14.7 Å². The van der Waals surface area contributed by atoms with Crippen molar-refractivity contribution < 1.29 is 23.5 Å². The number of quaternary nitrogens is 1. The van der Waals surface area contributed by atoms with E-state index in [2.05, 4.69) is 32.2 Å². The van der Waals surface area contributed by atoms with Crippen molar-refractivity contribution in [2.24, 2.45) is 0 Å². The molecule has 1 N–H and O–H groups in total. The Balaban J connectivity index is 0. The van der Waals surface area contributed by atoms with Gasteiger partial charge in [0.25, 0.3) is 0 Å². The van der Waals surface area contributed by atoms with E-state index in [0.29, 0.717) is 6.61 Å². The van der Waals surface area contributed by atoms with Crippen molar-refractivity contribution in [1.29, 1.82) is 0 Å². The third-order valence-corrected chi connectivity index (χ3v) is 1.56. The monoisotopic (exact) mass is 236 g/mol. The Morgan fingerprint density at radius 2 is 1.87 bits per heavy atom. The minimum absolute atomic E-state index is 0.176. The summed E-state index contributed by atoms with van der Waals surface area (Å²) in [6, 6.07) is 0. The summed E-state index contributed by atoms with van der Waals surface area (Å²) in [6.45, 7) is 6.04. The van der Waals surface area contributed by atoms with Gasteiger partial charge in [-0.25, -0.2) is 9.36 Å². The van der Waals surface area contributed by atoms with Gasteiger partial charge in [0.2, 0.25) is 0 Å². The lowest BCUT2D eigenvalue weighted by atomic mass is 10.4. The molecule has 0 amide bonds. The second-order valence-corrected chi connectivity index (χ2v) is 4.41. The van der Waals surface area contributed by atoms with E-state index in [1.54, 1.807) is 0 Å². The molecule has 5 nitrogen and oxygen atoms in total. The summed E-state index contributed by atoms with van der Waals surface area (Å²) in [5, 5.41) is 7.89. The summed E-state index contributed by atoms with van der Waals surface area (Å²) in [4.78, 5) is 9.60. The minimum Gasteiger partial charge on any atom is -0.478 e. The molecule has 0 unspecified atom stereocenters. The third kappa shape index (κ3) is 19.6. The number of likely N-dealkylation sites (N-methyl/N-ethyl adjacent to an activating group) is 1. The molecule has 0 saturated carbocycles. The average molecular weight is 236 g/mol. The number of hydrogen-bond acceptors (Lipinski definition) is 3. The van der Waals surface area contributed by atoms with Gasteiger partial charge in [-0.3, -0.25) is 4.52 Å². The minimum atomic E-state index is -0.935. The van der Waals surface area contributed by atoms with Gasteiger partial charge in [0, 0.05) is 5.57 Å². The standard InChI is InChI=1S/C5H13NO2P.C4H6O2/c1-6(2,3)4-5-8-9-7;1-3(2)4(5)6/h4-5H2,1-3H3;1H2,2H3,(H,5,6)/q+1;. The van der Waals surface area contributed by atoms with Crippen LogP contribution in [0.4, 0.5) is 0 Å². The molecule has 0 fully saturated rings. The van der Waals surface area contributed by atoms with Crippen molar-refractivity contribution in [2.75, 3.05) is 34.3 Å². The summed E-state index contributed by atoms with van der Waals surface area (Å²) >= 11 is 0. The second-order valence-electron chi connectivity index (χ2n) is 4.01. The van der Waals surface area contributed by atoms with Crippen LogP contribution in [0, 0.1) is 0 Å². The van der Waals surface area contributed by atoms with Crippen LogP contribution in [0.3, 0.4) is 0 Å². The maximum atomic E-state index is 9.76. The second kappa shape index (κ2) is 8.53. The lowest BCUT2D eigenvalue weighted by Gasteiger charge is -2.22. The smallest absolute Gasteiger partial charge is 0.330 e. The summed E-state index contributed by atoms with van der Waals surface area (Å²) in [6.07, 6.45) is 0. The number of carbonyl (C=O) groups is 1. The Labute approximate surface area is 92.2 Å².